The van der Waals surface area contributed by atoms with Crippen LogP contribution < -0.4 is 11.1 Å². The summed E-state index contributed by atoms with van der Waals surface area (Å²) in [5, 5.41) is 2.96. The summed E-state index contributed by atoms with van der Waals surface area (Å²) >= 11 is 0. The van der Waals surface area contributed by atoms with Crippen molar-refractivity contribution in [1.82, 2.24) is 4.98 Å². The zero-order chi connectivity index (χ0) is 11.5. The van der Waals surface area contributed by atoms with E-state index in [0.717, 1.165) is 11.3 Å². The zero-order valence-corrected chi connectivity index (χ0v) is 8.87. The molecule has 0 aliphatic rings. The Hall–Kier alpha value is -2.10. The lowest BCUT2D eigenvalue weighted by Gasteiger charge is -2.08. The predicted octanol–water partition coefficient (Wildman–Crippen LogP) is 2.85. The average molecular weight is 217 g/mol. The lowest BCUT2D eigenvalue weighted by Crippen LogP contribution is -1.96. The highest BCUT2D eigenvalue weighted by Crippen LogP contribution is 2.21. The van der Waals surface area contributed by atoms with Crippen molar-refractivity contribution in [1.29, 1.82) is 0 Å². The van der Waals surface area contributed by atoms with E-state index in [1.54, 1.807) is 30.5 Å². The molecule has 2 rings (SSSR count). The van der Waals surface area contributed by atoms with Crippen LogP contribution in [-0.4, -0.2) is 4.98 Å². The first-order valence-electron chi connectivity index (χ1n) is 4.90. The van der Waals surface area contributed by atoms with Gasteiger partial charge in [0.1, 0.15) is 11.6 Å². The van der Waals surface area contributed by atoms with Crippen molar-refractivity contribution >= 4 is 17.2 Å². The van der Waals surface area contributed by atoms with Gasteiger partial charge >= 0.3 is 0 Å². The summed E-state index contributed by atoms with van der Waals surface area (Å²) in [6.45, 7) is 1.91. The maximum Gasteiger partial charge on any atom is 0.146 e. The molecule has 0 amide bonds. The minimum absolute atomic E-state index is 0.291. The fourth-order valence-electron chi connectivity index (χ4n) is 1.42. The number of nitrogens with one attached hydrogen (secondary N) is 1. The fraction of sp³-hybridized carbons (Fsp3) is 0.0833. The van der Waals surface area contributed by atoms with Gasteiger partial charge in [-0.15, -0.1) is 0 Å². The number of hydrogen-bond donors (Lipinski definition) is 2. The van der Waals surface area contributed by atoms with Gasteiger partial charge in [-0.3, -0.25) is 0 Å². The third-order valence-corrected chi connectivity index (χ3v) is 2.18. The van der Waals surface area contributed by atoms with E-state index in [4.69, 9.17) is 5.73 Å². The Bertz CT molecular complexity index is 511. The Labute approximate surface area is 93.1 Å². The van der Waals surface area contributed by atoms with Gasteiger partial charge in [-0.1, -0.05) is 6.07 Å². The fourth-order valence-corrected chi connectivity index (χ4v) is 1.42. The van der Waals surface area contributed by atoms with Gasteiger partial charge in [-0.05, 0) is 30.7 Å². The second kappa shape index (κ2) is 4.18. The molecule has 0 radical (unpaired) electrons. The second-order valence-corrected chi connectivity index (χ2v) is 3.58. The molecule has 82 valence electrons. The molecule has 0 atom stereocenters. The number of benzene rings is 1. The van der Waals surface area contributed by atoms with Crippen LogP contribution in [-0.2, 0) is 0 Å². The van der Waals surface area contributed by atoms with Crippen molar-refractivity contribution in [2.24, 2.45) is 0 Å². The third kappa shape index (κ3) is 2.28. The minimum atomic E-state index is -0.291. The third-order valence-electron chi connectivity index (χ3n) is 2.18. The van der Waals surface area contributed by atoms with Crippen molar-refractivity contribution in [2.45, 2.75) is 6.92 Å². The Morgan fingerprint density at radius 3 is 2.81 bits per heavy atom. The van der Waals surface area contributed by atoms with Crippen LogP contribution in [0.25, 0.3) is 0 Å². The van der Waals surface area contributed by atoms with E-state index >= 15 is 0 Å². The summed E-state index contributed by atoms with van der Waals surface area (Å²) in [4.78, 5) is 3.87. The molecule has 4 heteroatoms. The maximum absolute atomic E-state index is 13.4. The van der Waals surface area contributed by atoms with Gasteiger partial charge in [0.2, 0.25) is 0 Å². The van der Waals surface area contributed by atoms with Crippen molar-refractivity contribution in [3.63, 3.8) is 0 Å². The summed E-state index contributed by atoms with van der Waals surface area (Å²) in [6.07, 6.45) is 1.57. The van der Waals surface area contributed by atoms with E-state index in [2.05, 4.69) is 10.3 Å². The normalized spacial score (nSPS) is 10.1. The quantitative estimate of drug-likeness (QED) is 0.813. The average Bonchev–Trinajstić information content (AvgIpc) is 2.24. The van der Waals surface area contributed by atoms with Gasteiger partial charge < -0.3 is 11.1 Å². The monoisotopic (exact) mass is 217 g/mol. The van der Waals surface area contributed by atoms with E-state index < -0.39 is 0 Å². The van der Waals surface area contributed by atoms with E-state index in [-0.39, 0.29) is 5.82 Å². The molecule has 16 heavy (non-hydrogen) atoms. The van der Waals surface area contributed by atoms with Crippen LogP contribution in [0.3, 0.4) is 0 Å². The number of nitrogen functional groups attached to an aromatic ring is 1. The molecule has 0 unspecified atom stereocenters. The molecule has 0 fully saturated rings. The predicted molar refractivity (Wildman–Crippen MR) is 63.1 cm³/mol. The first kappa shape index (κ1) is 10.4. The molecule has 0 saturated carbocycles. The SMILES string of the molecule is Cc1ccc(F)c(Nc2ccnc(N)c2)c1. The summed E-state index contributed by atoms with van der Waals surface area (Å²) in [7, 11) is 0. The summed E-state index contributed by atoms with van der Waals surface area (Å²) in [5.41, 5.74) is 7.68. The highest BCUT2D eigenvalue weighted by atomic mass is 19.1. The molecule has 0 saturated heterocycles. The number of nitrogens with two attached hydrogens (primary N) is 1. The summed E-state index contributed by atoms with van der Waals surface area (Å²) in [5.74, 6) is 0.110. The van der Waals surface area contributed by atoms with Crippen molar-refractivity contribution in [2.75, 3.05) is 11.1 Å². The molecular formula is C12H12FN3. The van der Waals surface area contributed by atoms with Gasteiger partial charge in [-0.25, -0.2) is 9.37 Å². The topological polar surface area (TPSA) is 50.9 Å². The summed E-state index contributed by atoms with van der Waals surface area (Å²) < 4.78 is 13.4. The van der Waals surface area contributed by atoms with Crippen LogP contribution in [0.4, 0.5) is 21.6 Å². The van der Waals surface area contributed by atoms with Crippen LogP contribution in [0.1, 0.15) is 5.56 Å². The highest BCUT2D eigenvalue weighted by molar-refractivity contribution is 5.62. The molecule has 1 aromatic heterocycles. The van der Waals surface area contributed by atoms with Crippen LogP contribution in [0.2, 0.25) is 0 Å². The molecular weight excluding hydrogens is 205 g/mol. The maximum atomic E-state index is 13.4. The van der Waals surface area contributed by atoms with E-state index in [9.17, 15) is 4.39 Å². The van der Waals surface area contributed by atoms with Gasteiger partial charge in [0.05, 0.1) is 5.69 Å². The van der Waals surface area contributed by atoms with Crippen LogP contribution in [0.5, 0.6) is 0 Å². The molecule has 0 aliphatic heterocycles. The lowest BCUT2D eigenvalue weighted by atomic mass is 10.2. The first-order valence-corrected chi connectivity index (χ1v) is 4.90. The van der Waals surface area contributed by atoms with E-state index in [0.29, 0.717) is 11.5 Å². The number of aryl methyl sites for hydroxylation is 1. The number of rotatable bonds is 2. The number of hydrogen-bond acceptors (Lipinski definition) is 3. The van der Waals surface area contributed by atoms with Crippen molar-refractivity contribution in [3.8, 4) is 0 Å². The number of aromatic nitrogens is 1. The number of pyridine rings is 1. The zero-order valence-electron chi connectivity index (χ0n) is 8.87. The molecule has 2 aromatic rings. The smallest absolute Gasteiger partial charge is 0.146 e. The Balaban J connectivity index is 2.30. The van der Waals surface area contributed by atoms with Gasteiger partial charge in [0.15, 0.2) is 0 Å². The largest absolute Gasteiger partial charge is 0.384 e. The number of nitrogens with zero attached hydrogens (tertiary/aromatic N) is 1. The van der Waals surface area contributed by atoms with Crippen molar-refractivity contribution < 1.29 is 4.39 Å². The molecule has 1 aromatic carbocycles. The van der Waals surface area contributed by atoms with E-state index in [1.807, 2.05) is 6.92 Å². The number of halogens is 1. The molecule has 0 aliphatic carbocycles. The highest BCUT2D eigenvalue weighted by Gasteiger charge is 2.02. The molecule has 0 bridgehead atoms. The molecule has 0 spiro atoms. The Morgan fingerprint density at radius 1 is 1.25 bits per heavy atom. The molecule has 3 nitrogen and oxygen atoms in total. The van der Waals surface area contributed by atoms with E-state index in [1.165, 1.54) is 6.07 Å². The minimum Gasteiger partial charge on any atom is -0.384 e. The van der Waals surface area contributed by atoms with Gasteiger partial charge in [0, 0.05) is 18.0 Å². The van der Waals surface area contributed by atoms with Crippen LogP contribution in [0.15, 0.2) is 36.5 Å². The second-order valence-electron chi connectivity index (χ2n) is 3.58. The van der Waals surface area contributed by atoms with Gasteiger partial charge in [-0.2, -0.15) is 0 Å². The van der Waals surface area contributed by atoms with Gasteiger partial charge in [0.25, 0.3) is 0 Å². The lowest BCUT2D eigenvalue weighted by molar-refractivity contribution is 0.631. The molecule has 1 heterocycles. The first-order chi connectivity index (χ1) is 7.65. The number of anilines is 3. The Morgan fingerprint density at radius 2 is 2.06 bits per heavy atom. The molecule has 3 N–H and O–H groups in total. The standard InChI is InChI=1S/C12H12FN3/c1-8-2-3-10(13)11(6-8)16-9-4-5-15-12(14)7-9/h2-7H,1H3,(H3,14,15,16). The van der Waals surface area contributed by atoms with Crippen molar-refractivity contribution in [3.05, 3.63) is 47.9 Å². The van der Waals surface area contributed by atoms with Crippen LogP contribution in [0, 0.1) is 12.7 Å². The van der Waals surface area contributed by atoms with Crippen LogP contribution >= 0.6 is 0 Å². The Kier molecular flexibility index (Phi) is 2.72. The summed E-state index contributed by atoms with van der Waals surface area (Å²) in [6, 6.07) is 8.29.